The molecule has 150 valence electrons. The molecule has 2 aromatic rings. The lowest BCUT2D eigenvalue weighted by atomic mass is 10.0. The molecule has 0 aliphatic carbocycles. The topological polar surface area (TPSA) is 56.8 Å². The summed E-state index contributed by atoms with van der Waals surface area (Å²) in [5.41, 5.74) is 1.05. The lowest BCUT2D eigenvalue weighted by Gasteiger charge is -2.42. The third-order valence-electron chi connectivity index (χ3n) is 5.84. The molecule has 0 amide bonds. The van der Waals surface area contributed by atoms with Crippen molar-refractivity contribution in [2.45, 2.75) is 18.9 Å². The van der Waals surface area contributed by atoms with E-state index >= 15 is 0 Å². The average Bonchev–Trinajstić information content (AvgIpc) is 2.75. The van der Waals surface area contributed by atoms with Crippen LogP contribution in [-0.2, 0) is 0 Å². The fourth-order valence-electron chi connectivity index (χ4n) is 4.02. The minimum Gasteiger partial charge on any atom is -0.439 e. The number of hydrogen-bond donors (Lipinski definition) is 1. The minimum atomic E-state index is 0.586. The van der Waals surface area contributed by atoms with Gasteiger partial charge in [-0.25, -0.2) is 9.97 Å². The second-order valence-corrected chi connectivity index (χ2v) is 7.65. The Balaban J connectivity index is 1.34. The van der Waals surface area contributed by atoms with Crippen molar-refractivity contribution in [3.05, 3.63) is 36.7 Å². The van der Waals surface area contributed by atoms with Gasteiger partial charge in [0, 0.05) is 64.1 Å². The van der Waals surface area contributed by atoms with Gasteiger partial charge in [0.15, 0.2) is 0 Å². The van der Waals surface area contributed by atoms with Crippen LogP contribution in [0, 0.1) is 0 Å². The first-order valence-electron chi connectivity index (χ1n) is 10.2. The van der Waals surface area contributed by atoms with Crippen molar-refractivity contribution >= 4 is 11.5 Å². The maximum absolute atomic E-state index is 5.92. The smallest absolute Gasteiger partial charge is 0.224 e. The van der Waals surface area contributed by atoms with Crippen molar-refractivity contribution in [1.82, 2.24) is 19.8 Å². The van der Waals surface area contributed by atoms with Crippen molar-refractivity contribution in [1.29, 1.82) is 0 Å². The highest BCUT2D eigenvalue weighted by Crippen LogP contribution is 2.26. The van der Waals surface area contributed by atoms with Gasteiger partial charge in [-0.2, -0.15) is 0 Å². The highest BCUT2D eigenvalue weighted by molar-refractivity contribution is 5.47. The Bertz CT molecular complexity index is 752. The molecule has 7 heteroatoms. The van der Waals surface area contributed by atoms with Gasteiger partial charge in [0.05, 0.1) is 0 Å². The summed E-state index contributed by atoms with van der Waals surface area (Å²) in [5.74, 6) is 2.31. The molecule has 1 N–H and O–H groups in total. The molecule has 3 heterocycles. The van der Waals surface area contributed by atoms with E-state index in [4.69, 9.17) is 4.74 Å². The standard InChI is InChI=1S/C21H30N6O/c1-22-17-3-5-19(6-4-17)28-21-15-20(23-16-24-21)27-9-7-18(8-10-27)26-13-11-25(2)12-14-26/h3-6,15-16,18,22H,7-14H2,1-2H3. The lowest BCUT2D eigenvalue weighted by molar-refractivity contribution is 0.0981. The van der Waals surface area contributed by atoms with Crippen LogP contribution < -0.4 is 15.0 Å². The Morgan fingerprint density at radius 3 is 2.36 bits per heavy atom. The summed E-state index contributed by atoms with van der Waals surface area (Å²) in [7, 11) is 4.11. The van der Waals surface area contributed by atoms with Gasteiger partial charge in [-0.1, -0.05) is 0 Å². The van der Waals surface area contributed by atoms with Gasteiger partial charge in [0.25, 0.3) is 0 Å². The number of piperazine rings is 1. The first-order chi connectivity index (χ1) is 13.7. The normalized spacial score (nSPS) is 19.6. The first-order valence-corrected chi connectivity index (χ1v) is 10.2. The SMILES string of the molecule is CNc1ccc(Oc2cc(N3CCC(N4CCN(C)CC4)CC3)ncn2)cc1. The molecule has 2 aliphatic rings. The van der Waals surface area contributed by atoms with Crippen molar-refractivity contribution in [2.75, 3.05) is 63.6 Å². The summed E-state index contributed by atoms with van der Waals surface area (Å²) in [6.45, 7) is 6.82. The van der Waals surface area contributed by atoms with E-state index in [0.717, 1.165) is 30.3 Å². The highest BCUT2D eigenvalue weighted by Gasteiger charge is 2.27. The van der Waals surface area contributed by atoms with Crippen LogP contribution in [0.15, 0.2) is 36.7 Å². The molecule has 0 unspecified atom stereocenters. The number of benzene rings is 1. The molecule has 0 spiro atoms. The zero-order chi connectivity index (χ0) is 19.3. The van der Waals surface area contributed by atoms with Crippen LogP contribution in [0.1, 0.15) is 12.8 Å². The number of piperidine rings is 1. The Labute approximate surface area is 167 Å². The quantitative estimate of drug-likeness (QED) is 0.853. The predicted molar refractivity (Wildman–Crippen MR) is 112 cm³/mol. The number of ether oxygens (including phenoxy) is 1. The summed E-state index contributed by atoms with van der Waals surface area (Å²) >= 11 is 0. The second kappa shape index (κ2) is 8.75. The molecule has 0 atom stereocenters. The number of nitrogens with one attached hydrogen (secondary N) is 1. The van der Waals surface area contributed by atoms with E-state index in [1.165, 1.54) is 39.0 Å². The Hall–Kier alpha value is -2.38. The van der Waals surface area contributed by atoms with Crippen molar-refractivity contribution in [2.24, 2.45) is 0 Å². The molecule has 0 radical (unpaired) electrons. The molecule has 4 rings (SSSR count). The summed E-state index contributed by atoms with van der Waals surface area (Å²) in [6, 6.07) is 10.5. The second-order valence-electron chi connectivity index (χ2n) is 7.65. The van der Waals surface area contributed by atoms with E-state index in [2.05, 4.69) is 37.0 Å². The van der Waals surface area contributed by atoms with Crippen LogP contribution in [0.3, 0.4) is 0 Å². The fraction of sp³-hybridized carbons (Fsp3) is 0.524. The van der Waals surface area contributed by atoms with Gasteiger partial charge < -0.3 is 19.9 Å². The van der Waals surface area contributed by atoms with E-state index < -0.39 is 0 Å². The van der Waals surface area contributed by atoms with Crippen LogP contribution in [0.2, 0.25) is 0 Å². The molecular formula is C21H30N6O. The van der Waals surface area contributed by atoms with Crippen LogP contribution in [0.5, 0.6) is 11.6 Å². The number of hydrogen-bond acceptors (Lipinski definition) is 7. The molecule has 0 bridgehead atoms. The van der Waals surface area contributed by atoms with Gasteiger partial charge in [-0.05, 0) is 44.2 Å². The van der Waals surface area contributed by atoms with Gasteiger partial charge >= 0.3 is 0 Å². The number of likely N-dealkylation sites (N-methyl/N-ethyl adjacent to an activating group) is 1. The van der Waals surface area contributed by atoms with E-state index in [1.807, 2.05) is 37.4 Å². The summed E-state index contributed by atoms with van der Waals surface area (Å²) in [6.07, 6.45) is 3.98. The van der Waals surface area contributed by atoms with E-state index in [0.29, 0.717) is 11.9 Å². The minimum absolute atomic E-state index is 0.586. The number of aromatic nitrogens is 2. The van der Waals surface area contributed by atoms with E-state index in [9.17, 15) is 0 Å². The summed E-state index contributed by atoms with van der Waals surface area (Å²) in [5, 5.41) is 3.11. The number of anilines is 2. The molecule has 28 heavy (non-hydrogen) atoms. The predicted octanol–water partition coefficient (Wildman–Crippen LogP) is 2.53. The third kappa shape index (κ3) is 4.54. The summed E-state index contributed by atoms with van der Waals surface area (Å²) < 4.78 is 5.92. The molecule has 1 aromatic heterocycles. The van der Waals surface area contributed by atoms with Crippen molar-refractivity contribution in [3.8, 4) is 11.6 Å². The lowest BCUT2D eigenvalue weighted by Crippen LogP contribution is -2.52. The van der Waals surface area contributed by atoms with Gasteiger partial charge in [0.2, 0.25) is 5.88 Å². The van der Waals surface area contributed by atoms with Crippen molar-refractivity contribution < 1.29 is 4.74 Å². The molecule has 1 aromatic carbocycles. The first kappa shape index (κ1) is 19.0. The molecule has 0 saturated carbocycles. The zero-order valence-corrected chi connectivity index (χ0v) is 16.8. The molecule has 7 nitrogen and oxygen atoms in total. The molecule has 2 saturated heterocycles. The Kier molecular flexibility index (Phi) is 5.92. The van der Waals surface area contributed by atoms with Crippen LogP contribution >= 0.6 is 0 Å². The van der Waals surface area contributed by atoms with Gasteiger partial charge in [-0.15, -0.1) is 0 Å². The third-order valence-corrected chi connectivity index (χ3v) is 5.84. The van der Waals surface area contributed by atoms with Gasteiger partial charge in [0.1, 0.15) is 17.9 Å². The van der Waals surface area contributed by atoms with Gasteiger partial charge in [-0.3, -0.25) is 4.90 Å². The Morgan fingerprint density at radius 1 is 0.964 bits per heavy atom. The van der Waals surface area contributed by atoms with Crippen LogP contribution in [-0.4, -0.2) is 79.2 Å². The number of rotatable bonds is 5. The molecule has 2 aliphatic heterocycles. The summed E-state index contributed by atoms with van der Waals surface area (Å²) in [4.78, 5) is 16.2. The molecule has 2 fully saturated rings. The van der Waals surface area contributed by atoms with E-state index in [1.54, 1.807) is 6.33 Å². The largest absolute Gasteiger partial charge is 0.439 e. The Morgan fingerprint density at radius 2 is 1.68 bits per heavy atom. The van der Waals surface area contributed by atoms with Crippen LogP contribution in [0.25, 0.3) is 0 Å². The monoisotopic (exact) mass is 382 g/mol. The fourth-order valence-corrected chi connectivity index (χ4v) is 4.02. The average molecular weight is 383 g/mol. The van der Waals surface area contributed by atoms with E-state index in [-0.39, 0.29) is 0 Å². The number of nitrogens with zero attached hydrogens (tertiary/aromatic N) is 5. The maximum Gasteiger partial charge on any atom is 0.224 e. The highest BCUT2D eigenvalue weighted by atomic mass is 16.5. The molecular weight excluding hydrogens is 352 g/mol. The van der Waals surface area contributed by atoms with Crippen LogP contribution in [0.4, 0.5) is 11.5 Å². The van der Waals surface area contributed by atoms with Crippen molar-refractivity contribution in [3.63, 3.8) is 0 Å². The maximum atomic E-state index is 5.92. The zero-order valence-electron chi connectivity index (χ0n) is 16.8.